The van der Waals surface area contributed by atoms with Crippen LogP contribution in [-0.2, 0) is 0 Å². The van der Waals surface area contributed by atoms with E-state index >= 15 is 4.39 Å². The van der Waals surface area contributed by atoms with Gasteiger partial charge >= 0.3 is 6.03 Å². The van der Waals surface area contributed by atoms with Crippen LogP contribution < -0.4 is 15.4 Å². The quantitative estimate of drug-likeness (QED) is 0.700. The average molecular weight is 399 g/mol. The van der Waals surface area contributed by atoms with Crippen molar-refractivity contribution >= 4 is 22.9 Å². The largest absolute Gasteiger partial charge is 0.476 e. The molecular formula is C20H22FN5O3. The second-order valence-electron chi connectivity index (χ2n) is 6.76. The molecule has 0 bridgehead atoms. The van der Waals surface area contributed by atoms with E-state index in [0.29, 0.717) is 42.2 Å². The molecule has 3 aromatic rings. The van der Waals surface area contributed by atoms with E-state index in [0.717, 1.165) is 13.1 Å². The summed E-state index contributed by atoms with van der Waals surface area (Å²) in [5, 5.41) is 6.04. The van der Waals surface area contributed by atoms with E-state index in [1.807, 2.05) is 0 Å². The van der Waals surface area contributed by atoms with E-state index in [1.54, 1.807) is 30.9 Å². The van der Waals surface area contributed by atoms with Gasteiger partial charge in [0.05, 0.1) is 24.1 Å². The smallest absolute Gasteiger partial charge is 0.321 e. The molecule has 0 saturated carbocycles. The minimum atomic E-state index is -0.515. The Labute approximate surface area is 167 Å². The SMILES string of the molecule is CCOc1nc2occc2nc1-c1c(F)cc(C)cc1NC(=O)N1CCNCC1. The van der Waals surface area contributed by atoms with Crippen LogP contribution in [0.15, 0.2) is 28.9 Å². The van der Waals surface area contributed by atoms with Crippen LogP contribution in [0.5, 0.6) is 5.88 Å². The Morgan fingerprint density at radius 2 is 2.14 bits per heavy atom. The Kier molecular flexibility index (Phi) is 5.30. The van der Waals surface area contributed by atoms with Crippen LogP contribution in [0, 0.1) is 12.7 Å². The van der Waals surface area contributed by atoms with Gasteiger partial charge in [0.1, 0.15) is 17.0 Å². The van der Waals surface area contributed by atoms with Crippen molar-refractivity contribution < 1.29 is 18.3 Å². The zero-order valence-electron chi connectivity index (χ0n) is 16.3. The van der Waals surface area contributed by atoms with Gasteiger partial charge in [0.2, 0.25) is 11.6 Å². The van der Waals surface area contributed by atoms with Crippen molar-refractivity contribution in [2.24, 2.45) is 0 Å². The number of urea groups is 1. The summed E-state index contributed by atoms with van der Waals surface area (Å²) in [5.41, 5.74) is 2.13. The molecule has 9 heteroatoms. The molecule has 2 N–H and O–H groups in total. The molecule has 8 nitrogen and oxygen atoms in total. The molecule has 1 aliphatic rings. The van der Waals surface area contributed by atoms with E-state index in [1.165, 1.54) is 12.3 Å². The Balaban J connectivity index is 1.80. The fourth-order valence-corrected chi connectivity index (χ4v) is 3.32. The highest BCUT2D eigenvalue weighted by atomic mass is 19.1. The van der Waals surface area contributed by atoms with Gasteiger partial charge in [0.25, 0.3) is 0 Å². The van der Waals surface area contributed by atoms with Gasteiger partial charge in [0, 0.05) is 32.2 Å². The number of hydrogen-bond acceptors (Lipinski definition) is 6. The monoisotopic (exact) mass is 399 g/mol. The third kappa shape index (κ3) is 3.86. The van der Waals surface area contributed by atoms with E-state index in [4.69, 9.17) is 9.15 Å². The van der Waals surface area contributed by atoms with Crippen molar-refractivity contribution in [2.45, 2.75) is 13.8 Å². The number of ether oxygens (including phenoxy) is 1. The maximum atomic E-state index is 15.1. The van der Waals surface area contributed by atoms with Gasteiger partial charge < -0.3 is 24.7 Å². The number of furan rings is 1. The molecule has 29 heavy (non-hydrogen) atoms. The average Bonchev–Trinajstić information content (AvgIpc) is 3.15. The molecule has 1 fully saturated rings. The molecule has 4 rings (SSSR count). The maximum absolute atomic E-state index is 15.1. The lowest BCUT2D eigenvalue weighted by Crippen LogP contribution is -2.48. The number of rotatable bonds is 4. The highest BCUT2D eigenvalue weighted by Gasteiger charge is 2.24. The van der Waals surface area contributed by atoms with Crippen molar-refractivity contribution in [3.63, 3.8) is 0 Å². The first-order valence-electron chi connectivity index (χ1n) is 9.52. The lowest BCUT2D eigenvalue weighted by atomic mass is 10.1. The van der Waals surface area contributed by atoms with E-state index in [9.17, 15) is 4.79 Å². The summed E-state index contributed by atoms with van der Waals surface area (Å²) in [6.45, 7) is 6.50. The Hall–Kier alpha value is -3.20. The number of carbonyl (C=O) groups is 1. The minimum Gasteiger partial charge on any atom is -0.476 e. The number of anilines is 1. The van der Waals surface area contributed by atoms with Crippen molar-refractivity contribution in [1.29, 1.82) is 0 Å². The summed E-state index contributed by atoms with van der Waals surface area (Å²) in [6.07, 6.45) is 1.46. The van der Waals surface area contributed by atoms with Gasteiger partial charge in [-0.05, 0) is 31.5 Å². The van der Waals surface area contributed by atoms with E-state index < -0.39 is 5.82 Å². The molecule has 0 aliphatic carbocycles. The number of nitrogens with one attached hydrogen (secondary N) is 2. The van der Waals surface area contributed by atoms with Crippen LogP contribution in [0.3, 0.4) is 0 Å². The first-order chi connectivity index (χ1) is 14.1. The van der Waals surface area contributed by atoms with Crippen molar-refractivity contribution in [2.75, 3.05) is 38.1 Å². The standard InChI is InChI=1S/C20H22FN5O3/c1-3-28-19-17(23-14-4-9-29-18(14)25-19)16-13(21)10-12(2)11-15(16)24-20(27)26-7-5-22-6-8-26/h4,9-11,22H,3,5-8H2,1-2H3,(H,24,27). The Morgan fingerprint density at radius 3 is 2.90 bits per heavy atom. The van der Waals surface area contributed by atoms with Crippen molar-refractivity contribution in [3.8, 4) is 17.1 Å². The fraction of sp³-hybridized carbons (Fsp3) is 0.350. The summed E-state index contributed by atoms with van der Waals surface area (Å²) >= 11 is 0. The van der Waals surface area contributed by atoms with Crippen molar-refractivity contribution in [3.05, 3.63) is 35.8 Å². The molecule has 0 radical (unpaired) electrons. The van der Waals surface area contributed by atoms with Gasteiger partial charge in [-0.25, -0.2) is 14.2 Å². The van der Waals surface area contributed by atoms with Gasteiger partial charge in [-0.15, -0.1) is 0 Å². The van der Waals surface area contributed by atoms with E-state index in [-0.39, 0.29) is 23.2 Å². The molecule has 1 aromatic carbocycles. The zero-order chi connectivity index (χ0) is 20.4. The maximum Gasteiger partial charge on any atom is 0.321 e. The van der Waals surface area contributed by atoms with Gasteiger partial charge in [-0.1, -0.05) is 0 Å². The van der Waals surface area contributed by atoms with Crippen LogP contribution in [0.4, 0.5) is 14.9 Å². The predicted molar refractivity (Wildman–Crippen MR) is 107 cm³/mol. The molecular weight excluding hydrogens is 377 g/mol. The summed E-state index contributed by atoms with van der Waals surface area (Å²) in [6, 6.07) is 4.47. The minimum absolute atomic E-state index is 0.137. The van der Waals surface area contributed by atoms with Gasteiger partial charge in [0.15, 0.2) is 0 Å². The zero-order valence-corrected chi connectivity index (χ0v) is 16.3. The lowest BCUT2D eigenvalue weighted by Gasteiger charge is -2.28. The molecule has 0 atom stereocenters. The molecule has 1 aliphatic heterocycles. The van der Waals surface area contributed by atoms with Crippen LogP contribution in [-0.4, -0.2) is 53.7 Å². The number of aromatic nitrogens is 2. The van der Waals surface area contributed by atoms with Gasteiger partial charge in [-0.3, -0.25) is 0 Å². The topological polar surface area (TPSA) is 92.5 Å². The second kappa shape index (κ2) is 8.04. The lowest BCUT2D eigenvalue weighted by molar-refractivity contribution is 0.204. The number of halogens is 1. The number of fused-ring (bicyclic) bond motifs is 1. The first kappa shape index (κ1) is 19.1. The molecule has 152 valence electrons. The molecule has 0 spiro atoms. The predicted octanol–water partition coefficient (Wildman–Crippen LogP) is 3.17. The normalized spacial score (nSPS) is 14.2. The number of piperazine rings is 1. The van der Waals surface area contributed by atoms with Crippen LogP contribution in [0.1, 0.15) is 12.5 Å². The number of nitrogens with zero attached hydrogens (tertiary/aromatic N) is 3. The summed E-state index contributed by atoms with van der Waals surface area (Å²) < 4.78 is 26.0. The highest BCUT2D eigenvalue weighted by Crippen LogP contribution is 2.37. The number of carbonyl (C=O) groups excluding carboxylic acids is 1. The Bertz CT molecular complexity index is 1050. The molecule has 3 heterocycles. The highest BCUT2D eigenvalue weighted by molar-refractivity contribution is 5.95. The molecule has 2 amide bonds. The number of hydrogen-bond donors (Lipinski definition) is 2. The third-order valence-corrected chi connectivity index (χ3v) is 4.66. The van der Waals surface area contributed by atoms with Crippen molar-refractivity contribution in [1.82, 2.24) is 20.2 Å². The molecule has 2 aromatic heterocycles. The Morgan fingerprint density at radius 1 is 1.34 bits per heavy atom. The van der Waals surface area contributed by atoms with Crippen LogP contribution in [0.25, 0.3) is 22.5 Å². The fourth-order valence-electron chi connectivity index (χ4n) is 3.32. The molecule has 0 unspecified atom stereocenters. The number of amides is 2. The molecule has 1 saturated heterocycles. The summed E-state index contributed by atoms with van der Waals surface area (Å²) in [4.78, 5) is 23.3. The van der Waals surface area contributed by atoms with E-state index in [2.05, 4.69) is 20.6 Å². The number of aryl methyl sites for hydroxylation is 1. The number of benzene rings is 1. The van der Waals surface area contributed by atoms with Crippen LogP contribution >= 0.6 is 0 Å². The summed E-state index contributed by atoms with van der Waals surface area (Å²) in [5.74, 6) is -0.367. The van der Waals surface area contributed by atoms with Crippen LogP contribution in [0.2, 0.25) is 0 Å². The second-order valence-corrected chi connectivity index (χ2v) is 6.76. The third-order valence-electron chi connectivity index (χ3n) is 4.66. The summed E-state index contributed by atoms with van der Waals surface area (Å²) in [7, 11) is 0. The first-order valence-corrected chi connectivity index (χ1v) is 9.52. The van der Waals surface area contributed by atoms with Gasteiger partial charge in [-0.2, -0.15) is 4.98 Å².